The van der Waals surface area contributed by atoms with Crippen molar-refractivity contribution < 1.29 is 4.79 Å². The first-order valence-corrected chi connectivity index (χ1v) is 9.22. The van der Waals surface area contributed by atoms with Gasteiger partial charge in [-0.3, -0.25) is 9.59 Å². The van der Waals surface area contributed by atoms with Crippen LogP contribution in [-0.2, 0) is 0 Å². The summed E-state index contributed by atoms with van der Waals surface area (Å²) in [6.45, 7) is 0. The first-order valence-electron chi connectivity index (χ1n) is 8.84. The van der Waals surface area contributed by atoms with E-state index in [4.69, 9.17) is 11.6 Å². The van der Waals surface area contributed by atoms with Crippen LogP contribution in [0, 0.1) is 0 Å². The predicted octanol–water partition coefficient (Wildman–Crippen LogP) is 3.61. The Hall–Kier alpha value is -3.64. The largest absolute Gasteiger partial charge is 0.333 e. The summed E-state index contributed by atoms with van der Waals surface area (Å²) in [6.07, 6.45) is 0. The van der Waals surface area contributed by atoms with Crippen LogP contribution in [-0.4, -0.2) is 22.5 Å². The maximum Gasteiger partial charge on any atom is 0.333 e. The molecule has 0 aliphatic rings. The zero-order chi connectivity index (χ0) is 20.5. The molecule has 0 aliphatic heterocycles. The Balaban J connectivity index is 1.85. The second-order valence-electron chi connectivity index (χ2n) is 6.48. The van der Waals surface area contributed by atoms with Crippen molar-refractivity contribution in [2.75, 3.05) is 11.9 Å². The summed E-state index contributed by atoms with van der Waals surface area (Å²) in [4.78, 5) is 42.6. The SMILES string of the molecule is CN(C(=O)c1ccc(Cl)c(-n2c(=O)[nH]c3ccccc3c2=O)c1)c1ccccc1. The molecule has 6 nitrogen and oxygen atoms in total. The highest BCUT2D eigenvalue weighted by molar-refractivity contribution is 6.32. The Kier molecular flexibility index (Phi) is 4.78. The summed E-state index contributed by atoms with van der Waals surface area (Å²) in [5, 5.41) is 0.535. The standard InChI is InChI=1S/C22H16ClN3O3/c1-25(15-7-3-2-4-8-15)20(27)14-11-12-17(23)19(13-14)26-21(28)16-9-5-6-10-18(16)24-22(26)29/h2-13H,1H3,(H,24,29). The van der Waals surface area contributed by atoms with Gasteiger partial charge in [0.25, 0.3) is 11.5 Å². The molecule has 0 spiro atoms. The van der Waals surface area contributed by atoms with Crippen LogP contribution in [0.2, 0.25) is 5.02 Å². The molecular formula is C22H16ClN3O3. The number of carbonyl (C=O) groups is 1. The molecule has 1 aromatic heterocycles. The van der Waals surface area contributed by atoms with Gasteiger partial charge in [-0.05, 0) is 42.5 Å². The average Bonchev–Trinajstić information content (AvgIpc) is 2.74. The van der Waals surface area contributed by atoms with Gasteiger partial charge in [-0.2, -0.15) is 0 Å². The van der Waals surface area contributed by atoms with Crippen molar-refractivity contribution >= 4 is 34.1 Å². The molecule has 4 rings (SSSR count). The van der Waals surface area contributed by atoms with E-state index in [0.29, 0.717) is 16.5 Å². The van der Waals surface area contributed by atoms with Gasteiger partial charge in [0.15, 0.2) is 0 Å². The molecule has 1 N–H and O–H groups in total. The second kappa shape index (κ2) is 7.41. The highest BCUT2D eigenvalue weighted by Crippen LogP contribution is 2.22. The van der Waals surface area contributed by atoms with E-state index in [1.54, 1.807) is 37.4 Å². The van der Waals surface area contributed by atoms with Gasteiger partial charge in [-0.1, -0.05) is 41.9 Å². The van der Waals surface area contributed by atoms with Gasteiger partial charge in [0.05, 0.1) is 21.6 Å². The van der Waals surface area contributed by atoms with Crippen LogP contribution in [0.15, 0.2) is 82.4 Å². The average molecular weight is 406 g/mol. The van der Waals surface area contributed by atoms with Gasteiger partial charge in [0.1, 0.15) is 0 Å². The highest BCUT2D eigenvalue weighted by atomic mass is 35.5. The van der Waals surface area contributed by atoms with Crippen LogP contribution in [0.5, 0.6) is 0 Å². The quantitative estimate of drug-likeness (QED) is 0.565. The third kappa shape index (κ3) is 3.34. The number of amides is 1. The zero-order valence-electron chi connectivity index (χ0n) is 15.4. The second-order valence-corrected chi connectivity index (χ2v) is 6.89. The monoisotopic (exact) mass is 405 g/mol. The molecule has 0 saturated carbocycles. The van der Waals surface area contributed by atoms with Crippen LogP contribution >= 0.6 is 11.6 Å². The van der Waals surface area contributed by atoms with E-state index < -0.39 is 11.2 Å². The number of anilines is 1. The van der Waals surface area contributed by atoms with E-state index in [0.717, 1.165) is 10.3 Å². The van der Waals surface area contributed by atoms with Crippen LogP contribution in [0.25, 0.3) is 16.6 Å². The minimum Gasteiger partial charge on any atom is -0.311 e. The summed E-state index contributed by atoms with van der Waals surface area (Å²) < 4.78 is 0.948. The van der Waals surface area contributed by atoms with E-state index in [2.05, 4.69) is 4.98 Å². The lowest BCUT2D eigenvalue weighted by Gasteiger charge is -2.18. The molecule has 0 unspecified atom stereocenters. The molecule has 3 aromatic carbocycles. The molecule has 0 fully saturated rings. The van der Waals surface area contributed by atoms with Gasteiger partial charge < -0.3 is 9.88 Å². The third-order valence-electron chi connectivity index (χ3n) is 4.69. The zero-order valence-corrected chi connectivity index (χ0v) is 16.2. The molecule has 29 heavy (non-hydrogen) atoms. The van der Waals surface area contributed by atoms with Crippen LogP contribution in [0.4, 0.5) is 5.69 Å². The molecule has 1 amide bonds. The number of halogens is 1. The number of hydrogen-bond acceptors (Lipinski definition) is 3. The number of H-pyrrole nitrogens is 1. The Morgan fingerprint density at radius 3 is 2.41 bits per heavy atom. The van der Waals surface area contributed by atoms with E-state index in [1.165, 1.54) is 17.0 Å². The lowest BCUT2D eigenvalue weighted by Crippen LogP contribution is -2.34. The van der Waals surface area contributed by atoms with E-state index in [-0.39, 0.29) is 16.6 Å². The van der Waals surface area contributed by atoms with Crippen molar-refractivity contribution in [3.05, 3.63) is 104 Å². The number of fused-ring (bicyclic) bond motifs is 1. The van der Waals surface area contributed by atoms with Crippen LogP contribution in [0.1, 0.15) is 10.4 Å². The highest BCUT2D eigenvalue weighted by Gasteiger charge is 2.18. The normalized spacial score (nSPS) is 10.8. The number of nitrogens with zero attached hydrogens (tertiary/aromatic N) is 2. The van der Waals surface area contributed by atoms with Crippen molar-refractivity contribution in [3.63, 3.8) is 0 Å². The fourth-order valence-corrected chi connectivity index (χ4v) is 3.36. The summed E-state index contributed by atoms with van der Waals surface area (Å²) in [5.74, 6) is -0.292. The Labute approximate surface area is 170 Å². The molecule has 0 aliphatic carbocycles. The first-order chi connectivity index (χ1) is 14.0. The molecule has 0 radical (unpaired) electrons. The number of nitrogens with one attached hydrogen (secondary N) is 1. The number of hydrogen-bond donors (Lipinski definition) is 1. The molecular weight excluding hydrogens is 390 g/mol. The number of rotatable bonds is 3. The molecule has 4 aromatic rings. The van der Waals surface area contributed by atoms with Crippen molar-refractivity contribution in [2.45, 2.75) is 0 Å². The lowest BCUT2D eigenvalue weighted by atomic mass is 10.1. The number of carbonyl (C=O) groups excluding carboxylic acids is 1. The third-order valence-corrected chi connectivity index (χ3v) is 5.01. The molecule has 7 heteroatoms. The molecule has 0 saturated heterocycles. The Morgan fingerprint density at radius 2 is 1.66 bits per heavy atom. The van der Waals surface area contributed by atoms with E-state index in [1.807, 2.05) is 30.3 Å². The van der Waals surface area contributed by atoms with Crippen LogP contribution in [0.3, 0.4) is 0 Å². The summed E-state index contributed by atoms with van der Waals surface area (Å²) >= 11 is 6.29. The summed E-state index contributed by atoms with van der Waals surface area (Å²) in [6, 6.07) is 20.4. The lowest BCUT2D eigenvalue weighted by molar-refractivity contribution is 0.0993. The first kappa shape index (κ1) is 18.7. The minimum atomic E-state index is -0.628. The van der Waals surface area contributed by atoms with Crippen molar-refractivity contribution in [1.29, 1.82) is 0 Å². The van der Waals surface area contributed by atoms with Gasteiger partial charge in [-0.25, -0.2) is 9.36 Å². The molecule has 1 heterocycles. The molecule has 0 atom stereocenters. The van der Waals surface area contributed by atoms with Gasteiger partial charge in [0.2, 0.25) is 0 Å². The predicted molar refractivity (Wildman–Crippen MR) is 114 cm³/mol. The number of aromatic nitrogens is 2. The Morgan fingerprint density at radius 1 is 0.966 bits per heavy atom. The Bertz CT molecular complexity index is 1340. The summed E-state index contributed by atoms with van der Waals surface area (Å²) in [5.41, 5.74) is 0.468. The smallest absolute Gasteiger partial charge is 0.311 e. The maximum atomic E-state index is 12.9. The number of benzene rings is 3. The van der Waals surface area contributed by atoms with Gasteiger partial charge in [-0.15, -0.1) is 0 Å². The summed E-state index contributed by atoms with van der Waals surface area (Å²) in [7, 11) is 1.65. The van der Waals surface area contributed by atoms with Gasteiger partial charge in [0, 0.05) is 18.3 Å². The van der Waals surface area contributed by atoms with Crippen molar-refractivity contribution in [1.82, 2.24) is 9.55 Å². The van der Waals surface area contributed by atoms with Crippen molar-refractivity contribution in [3.8, 4) is 5.69 Å². The maximum absolute atomic E-state index is 12.9. The van der Waals surface area contributed by atoms with Crippen LogP contribution < -0.4 is 16.1 Å². The fourth-order valence-electron chi connectivity index (χ4n) is 3.16. The minimum absolute atomic E-state index is 0.149. The topological polar surface area (TPSA) is 75.2 Å². The van der Waals surface area contributed by atoms with Gasteiger partial charge >= 0.3 is 5.69 Å². The number of para-hydroxylation sites is 2. The van der Waals surface area contributed by atoms with E-state index >= 15 is 0 Å². The van der Waals surface area contributed by atoms with Crippen molar-refractivity contribution in [2.24, 2.45) is 0 Å². The molecule has 144 valence electrons. The van der Waals surface area contributed by atoms with E-state index in [9.17, 15) is 14.4 Å². The fraction of sp³-hybridized carbons (Fsp3) is 0.0455. The molecule has 0 bridgehead atoms. The number of aromatic amines is 1.